The molecule has 0 aromatic carbocycles. The number of aryl methyl sites for hydroxylation is 1. The number of piperidine rings is 1. The number of amides is 1. The summed E-state index contributed by atoms with van der Waals surface area (Å²) in [6.07, 6.45) is 9.08. The second-order valence-corrected chi connectivity index (χ2v) is 6.11. The molecule has 0 spiro atoms. The molecule has 0 N–H and O–H groups in total. The largest absolute Gasteiger partial charge is 0.343 e. The molecule has 116 valence electrons. The first-order chi connectivity index (χ1) is 10.2. The van der Waals surface area contributed by atoms with Gasteiger partial charge in [-0.15, -0.1) is 0 Å². The van der Waals surface area contributed by atoms with Crippen LogP contribution in [0, 0.1) is 0 Å². The van der Waals surface area contributed by atoms with Gasteiger partial charge in [0, 0.05) is 38.1 Å². The van der Waals surface area contributed by atoms with E-state index in [1.54, 1.807) is 0 Å². The Hall–Kier alpha value is -1.42. The van der Waals surface area contributed by atoms with E-state index in [0.29, 0.717) is 18.4 Å². The topological polar surface area (TPSA) is 27.4 Å². The van der Waals surface area contributed by atoms with E-state index in [1.807, 2.05) is 30.1 Å². The number of hydrogen-bond donors (Lipinski definition) is 0. The molecule has 1 aliphatic heterocycles. The van der Waals surface area contributed by atoms with E-state index in [-0.39, 0.29) is 0 Å². The summed E-state index contributed by atoms with van der Waals surface area (Å²) in [5.41, 5.74) is 0. The molecule has 1 fully saturated rings. The molecule has 0 saturated carbocycles. The third-order valence-electron chi connectivity index (χ3n) is 4.46. The number of hydrogen-bond acceptors (Lipinski definition) is 2. The molecule has 21 heavy (non-hydrogen) atoms. The summed E-state index contributed by atoms with van der Waals surface area (Å²) in [5.74, 6) is 0.308. The maximum absolute atomic E-state index is 12.2. The zero-order valence-electron chi connectivity index (χ0n) is 13.4. The number of likely N-dealkylation sites (tertiary alicyclic amines) is 1. The van der Waals surface area contributed by atoms with E-state index in [9.17, 15) is 4.79 Å². The number of carbonyl (C=O) groups excluding carboxylic acids is 1. The average molecular weight is 290 g/mol. The zero-order chi connectivity index (χ0) is 15.1. The van der Waals surface area contributed by atoms with Gasteiger partial charge in [-0.25, -0.2) is 4.57 Å². The van der Waals surface area contributed by atoms with Crippen molar-refractivity contribution in [3.63, 3.8) is 0 Å². The summed E-state index contributed by atoms with van der Waals surface area (Å²) in [4.78, 5) is 16.6. The van der Waals surface area contributed by atoms with Gasteiger partial charge in [-0.05, 0) is 39.4 Å². The van der Waals surface area contributed by atoms with Gasteiger partial charge in [-0.2, -0.15) is 0 Å². The summed E-state index contributed by atoms with van der Waals surface area (Å²) >= 11 is 0. The maximum Gasteiger partial charge on any atom is 0.222 e. The minimum Gasteiger partial charge on any atom is -0.343 e. The minimum atomic E-state index is 0.308. The Balaban J connectivity index is 1.64. The fraction of sp³-hybridized carbons (Fsp3) is 0.647. The van der Waals surface area contributed by atoms with Crippen molar-refractivity contribution in [2.45, 2.75) is 44.7 Å². The molecular formula is C17H28N3O+. The predicted octanol–water partition coefficient (Wildman–Crippen LogP) is 1.70. The number of pyridine rings is 1. The van der Waals surface area contributed by atoms with Crippen LogP contribution in [0.1, 0.15) is 32.1 Å². The van der Waals surface area contributed by atoms with Crippen molar-refractivity contribution >= 4 is 5.91 Å². The molecule has 4 nitrogen and oxygen atoms in total. The van der Waals surface area contributed by atoms with Crippen molar-refractivity contribution in [3.05, 3.63) is 30.6 Å². The fourth-order valence-electron chi connectivity index (χ4n) is 2.92. The first-order valence-electron chi connectivity index (χ1n) is 8.05. The SMILES string of the molecule is CN1CCC(N(C)C(=O)CCCC[n+]2ccccc2)CC1. The Bertz CT molecular complexity index is 427. The highest BCUT2D eigenvalue weighted by molar-refractivity contribution is 5.76. The third kappa shape index (κ3) is 5.12. The monoisotopic (exact) mass is 290 g/mol. The second kappa shape index (κ2) is 8.13. The molecule has 0 unspecified atom stereocenters. The Labute approximate surface area is 128 Å². The first-order valence-corrected chi connectivity index (χ1v) is 8.05. The molecule has 2 heterocycles. The molecule has 0 bridgehead atoms. The Morgan fingerprint density at radius 2 is 1.86 bits per heavy atom. The lowest BCUT2D eigenvalue weighted by Crippen LogP contribution is -2.44. The second-order valence-electron chi connectivity index (χ2n) is 6.11. The summed E-state index contributed by atoms with van der Waals surface area (Å²) in [6.45, 7) is 3.20. The summed E-state index contributed by atoms with van der Waals surface area (Å²) in [7, 11) is 4.13. The molecule has 0 aliphatic carbocycles. The lowest BCUT2D eigenvalue weighted by Gasteiger charge is -2.35. The summed E-state index contributed by atoms with van der Waals surface area (Å²) in [6, 6.07) is 6.55. The van der Waals surface area contributed by atoms with Crippen LogP contribution >= 0.6 is 0 Å². The smallest absolute Gasteiger partial charge is 0.222 e. The van der Waals surface area contributed by atoms with Crippen molar-refractivity contribution in [1.82, 2.24) is 9.80 Å². The highest BCUT2D eigenvalue weighted by atomic mass is 16.2. The Morgan fingerprint density at radius 1 is 1.19 bits per heavy atom. The third-order valence-corrected chi connectivity index (χ3v) is 4.46. The van der Waals surface area contributed by atoms with Crippen LogP contribution in [0.4, 0.5) is 0 Å². The molecule has 1 aromatic rings. The van der Waals surface area contributed by atoms with Gasteiger partial charge in [0.1, 0.15) is 6.54 Å². The van der Waals surface area contributed by atoms with E-state index in [4.69, 9.17) is 0 Å². The van der Waals surface area contributed by atoms with E-state index in [0.717, 1.165) is 45.3 Å². The number of carbonyl (C=O) groups is 1. The van der Waals surface area contributed by atoms with E-state index in [2.05, 4.69) is 28.9 Å². The van der Waals surface area contributed by atoms with E-state index >= 15 is 0 Å². The number of nitrogens with zero attached hydrogens (tertiary/aromatic N) is 3. The quantitative estimate of drug-likeness (QED) is 0.589. The molecule has 2 rings (SSSR count). The van der Waals surface area contributed by atoms with Crippen LogP contribution in [0.3, 0.4) is 0 Å². The van der Waals surface area contributed by atoms with Gasteiger partial charge in [0.05, 0.1) is 0 Å². The molecule has 4 heteroatoms. The molecule has 0 radical (unpaired) electrons. The number of unbranched alkanes of at least 4 members (excludes halogenated alkanes) is 1. The van der Waals surface area contributed by atoms with Gasteiger partial charge in [0.25, 0.3) is 0 Å². The lowest BCUT2D eigenvalue weighted by molar-refractivity contribution is -0.697. The van der Waals surface area contributed by atoms with Crippen molar-refractivity contribution in [3.8, 4) is 0 Å². The molecule has 1 amide bonds. The molecule has 1 aromatic heterocycles. The maximum atomic E-state index is 12.2. The van der Waals surface area contributed by atoms with Gasteiger partial charge >= 0.3 is 0 Å². The normalized spacial score (nSPS) is 16.9. The van der Waals surface area contributed by atoms with Crippen molar-refractivity contribution < 1.29 is 9.36 Å². The van der Waals surface area contributed by atoms with Crippen molar-refractivity contribution in [2.24, 2.45) is 0 Å². The first kappa shape index (κ1) is 16.0. The van der Waals surface area contributed by atoms with Gasteiger partial charge in [-0.1, -0.05) is 6.07 Å². The Kier molecular flexibility index (Phi) is 6.18. The lowest BCUT2D eigenvalue weighted by atomic mass is 10.0. The van der Waals surface area contributed by atoms with Gasteiger partial charge in [0.15, 0.2) is 12.4 Å². The van der Waals surface area contributed by atoms with E-state index in [1.165, 1.54) is 0 Å². The standard InChI is InChI=1S/C17H28N3O/c1-18-14-9-16(10-15-18)19(2)17(21)8-4-7-13-20-11-5-3-6-12-20/h3,5-6,11-12,16H,4,7-10,13-15H2,1-2H3/q+1. The van der Waals surface area contributed by atoms with Crippen LogP contribution in [0.2, 0.25) is 0 Å². The van der Waals surface area contributed by atoms with Gasteiger partial charge < -0.3 is 9.80 Å². The average Bonchev–Trinajstić information content (AvgIpc) is 2.52. The van der Waals surface area contributed by atoms with Crippen LogP contribution in [-0.4, -0.2) is 48.9 Å². The highest BCUT2D eigenvalue weighted by Crippen LogP contribution is 2.15. The fourth-order valence-corrected chi connectivity index (χ4v) is 2.92. The summed E-state index contributed by atoms with van der Waals surface area (Å²) in [5, 5.41) is 0. The van der Waals surface area contributed by atoms with Crippen LogP contribution in [0.15, 0.2) is 30.6 Å². The van der Waals surface area contributed by atoms with Gasteiger partial charge in [-0.3, -0.25) is 4.79 Å². The predicted molar refractivity (Wildman–Crippen MR) is 83.8 cm³/mol. The van der Waals surface area contributed by atoms with Crippen molar-refractivity contribution in [1.29, 1.82) is 0 Å². The van der Waals surface area contributed by atoms with Crippen LogP contribution in [0.25, 0.3) is 0 Å². The zero-order valence-corrected chi connectivity index (χ0v) is 13.4. The minimum absolute atomic E-state index is 0.308. The van der Waals surface area contributed by atoms with Gasteiger partial charge in [0.2, 0.25) is 5.91 Å². The molecule has 0 atom stereocenters. The number of aromatic nitrogens is 1. The number of rotatable bonds is 6. The van der Waals surface area contributed by atoms with Crippen LogP contribution < -0.4 is 4.57 Å². The van der Waals surface area contributed by atoms with E-state index < -0.39 is 0 Å². The van der Waals surface area contributed by atoms with Crippen LogP contribution in [0.5, 0.6) is 0 Å². The van der Waals surface area contributed by atoms with Crippen LogP contribution in [-0.2, 0) is 11.3 Å². The Morgan fingerprint density at radius 3 is 2.52 bits per heavy atom. The highest BCUT2D eigenvalue weighted by Gasteiger charge is 2.23. The summed E-state index contributed by atoms with van der Waals surface area (Å²) < 4.78 is 2.17. The molecule has 1 saturated heterocycles. The molecular weight excluding hydrogens is 262 g/mol. The molecule has 1 aliphatic rings. The van der Waals surface area contributed by atoms with Crippen molar-refractivity contribution in [2.75, 3.05) is 27.2 Å².